The molecule has 0 aromatic heterocycles. The van der Waals surface area contributed by atoms with E-state index >= 15 is 0 Å². The third-order valence-electron chi connectivity index (χ3n) is 5.28. The maximum Gasteiger partial charge on any atom is 0.335 e. The number of fused-ring (bicyclic) bond motifs is 3. The van der Waals surface area contributed by atoms with Crippen molar-refractivity contribution in [3.8, 4) is 5.75 Å². The van der Waals surface area contributed by atoms with Crippen molar-refractivity contribution in [2.45, 2.75) is 35.5 Å². The van der Waals surface area contributed by atoms with Crippen molar-refractivity contribution in [1.29, 1.82) is 0 Å². The van der Waals surface area contributed by atoms with Crippen molar-refractivity contribution in [3.05, 3.63) is 66.2 Å². The Kier molecular flexibility index (Phi) is 4.49. The highest BCUT2D eigenvalue weighted by molar-refractivity contribution is 7.89. The molecule has 7 nitrogen and oxygen atoms in total. The fourth-order valence-electron chi connectivity index (χ4n) is 3.97. The molecule has 1 saturated carbocycles. The number of ether oxygens (including phenoxy) is 1. The van der Waals surface area contributed by atoms with Crippen LogP contribution in [0.15, 0.2) is 60.0 Å². The zero-order valence-corrected chi connectivity index (χ0v) is 15.6. The lowest BCUT2D eigenvalue weighted by Crippen LogP contribution is -2.43. The van der Waals surface area contributed by atoms with Crippen LogP contribution in [0.4, 0.5) is 0 Å². The fourth-order valence-corrected chi connectivity index (χ4v) is 5.28. The Morgan fingerprint density at radius 2 is 1.86 bits per heavy atom. The van der Waals surface area contributed by atoms with Gasteiger partial charge in [-0.15, -0.1) is 0 Å². The molecule has 2 aromatic carbocycles. The predicted molar refractivity (Wildman–Crippen MR) is 101 cm³/mol. The van der Waals surface area contributed by atoms with E-state index in [2.05, 4.69) is 11.3 Å². The van der Waals surface area contributed by atoms with Gasteiger partial charge in [0.1, 0.15) is 11.9 Å². The maximum atomic E-state index is 12.7. The van der Waals surface area contributed by atoms with Gasteiger partial charge in [-0.25, -0.2) is 17.9 Å². The maximum absolute atomic E-state index is 12.7. The third-order valence-corrected chi connectivity index (χ3v) is 6.75. The lowest BCUT2D eigenvalue weighted by molar-refractivity contribution is -0.130. The van der Waals surface area contributed by atoms with Gasteiger partial charge in [0, 0.05) is 23.5 Å². The lowest BCUT2D eigenvalue weighted by Gasteiger charge is -2.22. The molecule has 0 amide bonds. The molecule has 3 N–H and O–H groups in total. The number of aliphatic hydroxyl groups excluding tert-OH is 1. The van der Waals surface area contributed by atoms with Crippen LogP contribution in [0.2, 0.25) is 0 Å². The number of aliphatic hydroxyl groups is 1. The second-order valence-electron chi connectivity index (χ2n) is 6.95. The summed E-state index contributed by atoms with van der Waals surface area (Å²) in [7, 11) is -3.83. The number of para-hydroxylation sites is 1. The molecular formula is C20H19NO6S. The molecule has 0 bridgehead atoms. The molecule has 4 atom stereocenters. The van der Waals surface area contributed by atoms with Crippen LogP contribution < -0.4 is 9.46 Å². The van der Waals surface area contributed by atoms with Crippen molar-refractivity contribution >= 4 is 21.6 Å². The highest BCUT2D eigenvalue weighted by Crippen LogP contribution is 2.49. The van der Waals surface area contributed by atoms with Gasteiger partial charge in [-0.2, -0.15) is 0 Å². The smallest absolute Gasteiger partial charge is 0.335 e. The second-order valence-corrected chi connectivity index (χ2v) is 8.67. The van der Waals surface area contributed by atoms with Crippen LogP contribution in [-0.2, 0) is 14.8 Å². The van der Waals surface area contributed by atoms with Gasteiger partial charge in [0.05, 0.1) is 22.6 Å². The van der Waals surface area contributed by atoms with Crippen molar-refractivity contribution < 1.29 is 28.2 Å². The Balaban J connectivity index is 1.70. The second kappa shape index (κ2) is 6.73. The van der Waals surface area contributed by atoms with E-state index in [9.17, 15) is 23.4 Å². The minimum absolute atomic E-state index is 0.0983. The van der Waals surface area contributed by atoms with E-state index in [1.165, 1.54) is 12.1 Å². The van der Waals surface area contributed by atoms with E-state index < -0.39 is 40.2 Å². The predicted octanol–water partition coefficient (Wildman–Crippen LogP) is 1.74. The van der Waals surface area contributed by atoms with E-state index in [4.69, 9.17) is 4.74 Å². The Hall–Kier alpha value is -2.68. The lowest BCUT2D eigenvalue weighted by atomic mass is 9.91. The van der Waals surface area contributed by atoms with Crippen LogP contribution >= 0.6 is 0 Å². The first kappa shape index (κ1) is 18.7. The SMILES string of the molecule is C=C(C(=O)O)c1cccc2c1OC1CC(O)C(NS(=O)(=O)c3ccccc3)C21. The summed E-state index contributed by atoms with van der Waals surface area (Å²) in [6.07, 6.45) is -1.13. The van der Waals surface area contributed by atoms with E-state index in [1.54, 1.807) is 36.4 Å². The number of hydrogen-bond acceptors (Lipinski definition) is 5. The molecule has 4 unspecified atom stereocenters. The van der Waals surface area contributed by atoms with Crippen molar-refractivity contribution in [2.75, 3.05) is 0 Å². The van der Waals surface area contributed by atoms with Crippen LogP contribution in [0.3, 0.4) is 0 Å². The van der Waals surface area contributed by atoms with Gasteiger partial charge >= 0.3 is 5.97 Å². The van der Waals surface area contributed by atoms with Gasteiger partial charge in [0.15, 0.2) is 0 Å². The molecule has 0 spiro atoms. The Bertz CT molecular complexity index is 1050. The molecule has 0 radical (unpaired) electrons. The van der Waals surface area contributed by atoms with Gasteiger partial charge in [-0.1, -0.05) is 43.0 Å². The quantitative estimate of drug-likeness (QED) is 0.658. The Morgan fingerprint density at radius 1 is 1.14 bits per heavy atom. The number of hydrogen-bond donors (Lipinski definition) is 3. The molecule has 2 aromatic rings. The standard InChI is InChI=1S/C20H19NO6S/c1-11(20(23)24)13-8-5-9-14-17-16(27-19(13)14)10-15(22)18(17)21-28(25,26)12-6-3-2-4-7-12/h2-9,15-18,21-22H,1,10H2,(H,23,24). The van der Waals surface area contributed by atoms with E-state index in [-0.39, 0.29) is 16.9 Å². The zero-order valence-electron chi connectivity index (χ0n) is 14.8. The first-order chi connectivity index (χ1) is 13.3. The average Bonchev–Trinajstić information content (AvgIpc) is 3.17. The van der Waals surface area contributed by atoms with Crippen LogP contribution in [0.5, 0.6) is 5.75 Å². The molecule has 8 heteroatoms. The van der Waals surface area contributed by atoms with Gasteiger partial charge in [-0.3, -0.25) is 0 Å². The summed E-state index contributed by atoms with van der Waals surface area (Å²) in [6.45, 7) is 3.59. The van der Waals surface area contributed by atoms with Gasteiger partial charge in [-0.05, 0) is 12.1 Å². The van der Waals surface area contributed by atoms with Crippen molar-refractivity contribution in [3.63, 3.8) is 0 Å². The fraction of sp³-hybridized carbons (Fsp3) is 0.250. The number of nitrogens with one attached hydrogen (secondary N) is 1. The number of rotatable bonds is 5. The molecule has 0 saturated heterocycles. The summed E-state index contributed by atoms with van der Waals surface area (Å²) in [4.78, 5) is 11.4. The van der Waals surface area contributed by atoms with Gasteiger partial charge in [0.2, 0.25) is 10.0 Å². The van der Waals surface area contributed by atoms with E-state index in [0.717, 1.165) is 0 Å². The van der Waals surface area contributed by atoms with Crippen LogP contribution in [-0.4, -0.2) is 42.8 Å². The minimum atomic E-state index is -3.83. The number of carboxylic acids is 1. The van der Waals surface area contributed by atoms with Crippen LogP contribution in [0, 0.1) is 0 Å². The summed E-state index contributed by atoms with van der Waals surface area (Å²) in [5.74, 6) is -1.19. The Morgan fingerprint density at radius 3 is 2.54 bits per heavy atom. The molecule has 28 heavy (non-hydrogen) atoms. The summed E-state index contributed by atoms with van der Waals surface area (Å²) in [6, 6.07) is 12.2. The molecular weight excluding hydrogens is 382 g/mol. The Labute approximate surface area is 162 Å². The molecule has 4 rings (SSSR count). The number of sulfonamides is 1. The first-order valence-corrected chi connectivity index (χ1v) is 10.3. The average molecular weight is 401 g/mol. The summed E-state index contributed by atoms with van der Waals surface area (Å²) in [5.41, 5.74) is 0.930. The van der Waals surface area contributed by atoms with Crippen LogP contribution in [0.1, 0.15) is 23.5 Å². The highest BCUT2D eigenvalue weighted by atomic mass is 32.2. The largest absolute Gasteiger partial charge is 0.489 e. The molecule has 1 aliphatic carbocycles. The van der Waals surface area contributed by atoms with Gasteiger partial charge < -0.3 is 14.9 Å². The monoisotopic (exact) mass is 401 g/mol. The van der Waals surface area contributed by atoms with Crippen LogP contribution in [0.25, 0.3) is 5.57 Å². The summed E-state index contributed by atoms with van der Waals surface area (Å²) < 4.78 is 34.0. The third kappa shape index (κ3) is 2.99. The normalized spacial score (nSPS) is 25.6. The molecule has 2 aliphatic rings. The van der Waals surface area contributed by atoms with E-state index in [1.807, 2.05) is 0 Å². The number of carboxylic acid groups (broad SMARTS) is 1. The van der Waals surface area contributed by atoms with Gasteiger partial charge in [0.25, 0.3) is 0 Å². The first-order valence-electron chi connectivity index (χ1n) is 8.77. The minimum Gasteiger partial charge on any atom is -0.489 e. The molecule has 146 valence electrons. The van der Waals surface area contributed by atoms with Crippen molar-refractivity contribution in [2.24, 2.45) is 0 Å². The van der Waals surface area contributed by atoms with E-state index in [0.29, 0.717) is 16.9 Å². The number of benzene rings is 2. The number of carbonyl (C=O) groups is 1. The van der Waals surface area contributed by atoms with Crippen molar-refractivity contribution in [1.82, 2.24) is 4.72 Å². The summed E-state index contributed by atoms with van der Waals surface area (Å²) in [5, 5.41) is 19.7. The molecule has 1 fully saturated rings. The number of aliphatic carboxylic acids is 1. The summed E-state index contributed by atoms with van der Waals surface area (Å²) >= 11 is 0. The molecule has 1 aliphatic heterocycles. The zero-order chi connectivity index (χ0) is 20.1. The molecule has 1 heterocycles. The highest BCUT2D eigenvalue weighted by Gasteiger charge is 2.51. The topological polar surface area (TPSA) is 113 Å².